The predicted molar refractivity (Wildman–Crippen MR) is 81.5 cm³/mol. The minimum absolute atomic E-state index is 0. The molecule has 0 unspecified atom stereocenters. The van der Waals surface area contributed by atoms with Gasteiger partial charge in [0.25, 0.3) is 0 Å². The first-order valence-electron chi connectivity index (χ1n) is 7.67. The molecule has 0 atom stereocenters. The molecule has 3 nitrogen and oxygen atoms in total. The van der Waals surface area contributed by atoms with Crippen LogP contribution in [0.3, 0.4) is 0 Å². The Morgan fingerprint density at radius 3 is 1.53 bits per heavy atom. The van der Waals surface area contributed by atoms with Gasteiger partial charge in [0.15, 0.2) is 0 Å². The number of primary amides is 1. The van der Waals surface area contributed by atoms with E-state index in [0.717, 1.165) is 25.8 Å². The van der Waals surface area contributed by atoms with Gasteiger partial charge in [-0.05, 0) is 19.4 Å². The quantitative estimate of drug-likeness (QED) is 0.436. The van der Waals surface area contributed by atoms with E-state index in [9.17, 15) is 4.79 Å². The summed E-state index contributed by atoms with van der Waals surface area (Å²) in [6.45, 7) is 5.11. The fourth-order valence-electron chi connectivity index (χ4n) is 1.61. The molecule has 1 amide bonds. The van der Waals surface area contributed by atoms with Crippen molar-refractivity contribution in [2.45, 2.75) is 84.5 Å². The van der Waals surface area contributed by atoms with Crippen molar-refractivity contribution in [3.8, 4) is 0 Å². The number of unbranched alkanes of at least 4 members (excludes halogenated alkanes) is 8. The Balaban J connectivity index is -0.000000188. The van der Waals surface area contributed by atoms with E-state index < -0.39 is 0 Å². The van der Waals surface area contributed by atoms with E-state index in [-0.39, 0.29) is 36.9 Å². The van der Waals surface area contributed by atoms with Crippen LogP contribution in [-0.2, 0) is 4.79 Å². The molecule has 0 aromatic carbocycles. The fourth-order valence-corrected chi connectivity index (χ4v) is 1.61. The molecule has 0 aliphatic rings. The topological polar surface area (TPSA) is 69.1 Å². The summed E-state index contributed by atoms with van der Waals surface area (Å²) in [5.41, 5.74) is 10.1. The molecular formula is C15H35N2NaO. The molecule has 0 aromatic heterocycles. The van der Waals surface area contributed by atoms with Crippen LogP contribution < -0.4 is 41.0 Å². The normalized spacial score (nSPS) is 9.21. The van der Waals surface area contributed by atoms with E-state index in [2.05, 4.69) is 13.8 Å². The van der Waals surface area contributed by atoms with Gasteiger partial charge >= 0.3 is 29.6 Å². The van der Waals surface area contributed by atoms with Crippen LogP contribution in [0.2, 0.25) is 0 Å². The van der Waals surface area contributed by atoms with Crippen LogP contribution in [0.15, 0.2) is 0 Å². The van der Waals surface area contributed by atoms with Crippen LogP contribution in [0.5, 0.6) is 0 Å². The minimum Gasteiger partial charge on any atom is -1.00 e. The van der Waals surface area contributed by atoms with Crippen LogP contribution in [0.25, 0.3) is 0 Å². The average molecular weight is 282 g/mol. The molecular weight excluding hydrogens is 247 g/mol. The van der Waals surface area contributed by atoms with E-state index in [1.165, 1.54) is 44.9 Å². The minimum atomic E-state index is -0.159. The number of hydrogen-bond donors (Lipinski definition) is 2. The Labute approximate surface area is 144 Å². The van der Waals surface area contributed by atoms with E-state index in [0.29, 0.717) is 6.42 Å². The predicted octanol–water partition coefficient (Wildman–Crippen LogP) is 0.864. The molecule has 0 saturated heterocycles. The van der Waals surface area contributed by atoms with Gasteiger partial charge < -0.3 is 12.9 Å². The van der Waals surface area contributed by atoms with E-state index in [1.54, 1.807) is 0 Å². The van der Waals surface area contributed by atoms with Crippen molar-refractivity contribution in [3.63, 3.8) is 0 Å². The monoisotopic (exact) mass is 282 g/mol. The van der Waals surface area contributed by atoms with Crippen molar-refractivity contribution in [2.75, 3.05) is 6.54 Å². The summed E-state index contributed by atoms with van der Waals surface area (Å²) in [7, 11) is 0. The van der Waals surface area contributed by atoms with Crippen molar-refractivity contribution in [1.82, 2.24) is 0 Å². The average Bonchev–Trinajstić information content (AvgIpc) is 2.37. The molecule has 0 aromatic rings. The maximum absolute atomic E-state index is 10.4. The second kappa shape index (κ2) is 23.5. The summed E-state index contributed by atoms with van der Waals surface area (Å²) in [4.78, 5) is 10.4. The molecule has 0 rings (SSSR count). The van der Waals surface area contributed by atoms with E-state index in [1.807, 2.05) is 0 Å². The van der Waals surface area contributed by atoms with E-state index >= 15 is 0 Å². The zero-order chi connectivity index (χ0) is 14.1. The van der Waals surface area contributed by atoms with Crippen molar-refractivity contribution < 1.29 is 35.8 Å². The maximum atomic E-state index is 10.4. The van der Waals surface area contributed by atoms with Gasteiger partial charge in [-0.2, -0.15) is 0 Å². The van der Waals surface area contributed by atoms with Gasteiger partial charge in [-0.1, -0.05) is 65.2 Å². The summed E-state index contributed by atoms with van der Waals surface area (Å²) in [6.07, 6.45) is 13.2. The van der Waals surface area contributed by atoms with Crippen molar-refractivity contribution in [2.24, 2.45) is 11.5 Å². The summed E-state index contributed by atoms with van der Waals surface area (Å²) in [6, 6.07) is 0. The molecule has 0 bridgehead atoms. The molecule has 19 heavy (non-hydrogen) atoms. The number of carbonyl (C=O) groups excluding carboxylic acids is 1. The summed E-state index contributed by atoms with van der Waals surface area (Å²) in [5.74, 6) is -0.159. The van der Waals surface area contributed by atoms with Gasteiger partial charge in [0, 0.05) is 6.42 Å². The third-order valence-corrected chi connectivity index (χ3v) is 2.82. The number of amides is 1. The van der Waals surface area contributed by atoms with Crippen LogP contribution >= 0.6 is 0 Å². The molecule has 112 valence electrons. The van der Waals surface area contributed by atoms with Gasteiger partial charge in [0.2, 0.25) is 5.91 Å². The van der Waals surface area contributed by atoms with Crippen molar-refractivity contribution in [1.29, 1.82) is 0 Å². The maximum Gasteiger partial charge on any atom is 1.00 e. The first kappa shape index (κ1) is 24.4. The van der Waals surface area contributed by atoms with Crippen LogP contribution in [0, 0.1) is 0 Å². The molecule has 0 fully saturated rings. The molecule has 4 heteroatoms. The SMILES string of the molecule is CCCCCCCCCCCC(N)=O.CCCN.[H-].[Na+]. The second-order valence-corrected chi connectivity index (χ2v) is 4.83. The largest absolute Gasteiger partial charge is 1.00 e. The van der Waals surface area contributed by atoms with E-state index in [4.69, 9.17) is 11.5 Å². The third kappa shape index (κ3) is 32.2. The third-order valence-electron chi connectivity index (χ3n) is 2.82. The van der Waals surface area contributed by atoms with Crippen molar-refractivity contribution in [3.05, 3.63) is 0 Å². The number of hydrogen-bond acceptors (Lipinski definition) is 2. The molecule has 0 heterocycles. The number of carbonyl (C=O) groups is 1. The first-order chi connectivity index (χ1) is 8.68. The van der Waals surface area contributed by atoms with Crippen LogP contribution in [0.4, 0.5) is 0 Å². The summed E-state index contributed by atoms with van der Waals surface area (Å²) < 4.78 is 0. The fraction of sp³-hybridized carbons (Fsp3) is 0.933. The van der Waals surface area contributed by atoms with Gasteiger partial charge in [-0.15, -0.1) is 0 Å². The second-order valence-electron chi connectivity index (χ2n) is 4.83. The molecule has 0 saturated carbocycles. The van der Waals surface area contributed by atoms with Gasteiger partial charge in [0.05, 0.1) is 0 Å². The summed E-state index contributed by atoms with van der Waals surface area (Å²) >= 11 is 0. The van der Waals surface area contributed by atoms with Gasteiger partial charge in [-0.3, -0.25) is 4.79 Å². The Morgan fingerprint density at radius 2 is 1.21 bits per heavy atom. The first-order valence-corrected chi connectivity index (χ1v) is 7.67. The smallest absolute Gasteiger partial charge is 1.00 e. The van der Waals surface area contributed by atoms with Crippen molar-refractivity contribution >= 4 is 5.91 Å². The Kier molecular flexibility index (Phi) is 30.3. The molecule has 0 aliphatic heterocycles. The number of nitrogens with two attached hydrogens (primary N) is 2. The van der Waals surface area contributed by atoms with Gasteiger partial charge in [-0.25, -0.2) is 0 Å². The zero-order valence-corrected chi connectivity index (χ0v) is 15.5. The Morgan fingerprint density at radius 1 is 0.842 bits per heavy atom. The Bertz CT molecular complexity index is 170. The molecule has 4 N–H and O–H groups in total. The standard InChI is InChI=1S/C12H25NO.C3H9N.Na.H/c1-2-3-4-5-6-7-8-9-10-11-12(13)14;1-2-3-4;;/h2-11H2,1H3,(H2,13,14);2-4H2,1H3;;/q;;+1;-1. The molecule has 0 radical (unpaired) electrons. The van der Waals surface area contributed by atoms with Crippen LogP contribution in [0.1, 0.15) is 85.9 Å². The van der Waals surface area contributed by atoms with Crippen LogP contribution in [-0.4, -0.2) is 12.5 Å². The Hall–Kier alpha value is 0.430. The summed E-state index contributed by atoms with van der Waals surface area (Å²) in [5, 5.41) is 0. The number of rotatable bonds is 11. The zero-order valence-electron chi connectivity index (χ0n) is 14.5. The molecule has 0 aliphatic carbocycles. The van der Waals surface area contributed by atoms with Gasteiger partial charge in [0.1, 0.15) is 0 Å². The molecule has 0 spiro atoms.